The van der Waals surface area contributed by atoms with E-state index >= 15 is 0 Å². The summed E-state index contributed by atoms with van der Waals surface area (Å²) in [6.07, 6.45) is 0. The van der Waals surface area contributed by atoms with E-state index in [1.165, 1.54) is 0 Å². The number of rotatable bonds is 1. The van der Waals surface area contributed by atoms with Crippen molar-refractivity contribution in [2.24, 2.45) is 0 Å². The second-order valence-corrected chi connectivity index (χ2v) is 3.79. The van der Waals surface area contributed by atoms with Gasteiger partial charge in [-0.25, -0.2) is 0 Å². The molecule has 52 valence electrons. The topological polar surface area (TPSA) is 85.9 Å². The third-order valence-electron chi connectivity index (χ3n) is 0.584. The third-order valence-corrected chi connectivity index (χ3v) is 1.75. The van der Waals surface area contributed by atoms with Gasteiger partial charge >= 0.3 is 29.6 Å². The summed E-state index contributed by atoms with van der Waals surface area (Å²) in [5, 5.41) is 0. The van der Waals surface area contributed by atoms with Crippen LogP contribution in [0.15, 0.2) is 0 Å². The normalized spacial score (nSPS) is 14.1. The first-order chi connectivity index (χ1) is 2.94. The predicted molar refractivity (Wildman–Crippen MR) is 37.2 cm³/mol. The number of hydrogen-bond donors (Lipinski definition) is 1. The van der Waals surface area contributed by atoms with Crippen LogP contribution in [0.3, 0.4) is 0 Å². The molecule has 6 heteroatoms. The molecule has 0 spiro atoms. The summed E-state index contributed by atoms with van der Waals surface area (Å²) in [5.41, 5.74) is -0.646. The maximum absolute atomic E-state index is 10.1. The van der Waals surface area contributed by atoms with E-state index in [4.69, 9.17) is 4.89 Å². The van der Waals surface area contributed by atoms with Crippen molar-refractivity contribution in [3.8, 4) is 0 Å². The minimum atomic E-state index is -3.38. The Morgan fingerprint density at radius 1 is 1.56 bits per heavy atom. The van der Waals surface area contributed by atoms with Gasteiger partial charge in [0.25, 0.3) is 7.37 Å². The Kier molecular flexibility index (Phi) is 10.2. The zero-order chi connectivity index (χ0) is 6.08. The average Bonchev–Trinajstić information content (AvgIpc) is 1.31. The van der Waals surface area contributed by atoms with E-state index in [1.54, 1.807) is 0 Å². The standard InChI is InChI=1S/C3H7O3P.Na.H2O.H/c1-3(4)7(2,5)6;;;/h1-2H3,(H,5,6);;1H2;. The Bertz CT molecular complexity index is 128. The number of carbonyl (C=O) groups excluding carboxylic acids is 1. The molecule has 0 aromatic heterocycles. The van der Waals surface area contributed by atoms with Crippen LogP contribution in [0.25, 0.3) is 0 Å². The molecule has 0 aliphatic heterocycles. The van der Waals surface area contributed by atoms with Crippen molar-refractivity contribution in [3.05, 3.63) is 0 Å². The zero-order valence-electron chi connectivity index (χ0n) is 4.71. The molecule has 0 heterocycles. The van der Waals surface area contributed by atoms with Crippen LogP contribution < -0.4 is 0 Å². The van der Waals surface area contributed by atoms with E-state index in [0.29, 0.717) is 0 Å². The molecule has 1 unspecified atom stereocenters. The monoisotopic (exact) mass is 164 g/mol. The molecule has 4 nitrogen and oxygen atoms in total. The van der Waals surface area contributed by atoms with Crippen molar-refractivity contribution >= 4 is 42.5 Å². The summed E-state index contributed by atoms with van der Waals surface area (Å²) < 4.78 is 10.1. The van der Waals surface area contributed by atoms with Gasteiger partial charge in [0, 0.05) is 13.6 Å². The van der Waals surface area contributed by atoms with Crippen LogP contribution in [0.2, 0.25) is 0 Å². The van der Waals surface area contributed by atoms with Crippen LogP contribution in [0, 0.1) is 0 Å². The molecule has 0 aromatic carbocycles. The van der Waals surface area contributed by atoms with E-state index in [1.807, 2.05) is 0 Å². The van der Waals surface area contributed by atoms with Crippen LogP contribution in [0.5, 0.6) is 0 Å². The first kappa shape index (κ1) is 16.4. The summed E-state index contributed by atoms with van der Waals surface area (Å²) in [4.78, 5) is 18.3. The third kappa shape index (κ3) is 8.82. The van der Waals surface area contributed by atoms with Crippen LogP contribution in [-0.2, 0) is 9.36 Å². The minimum absolute atomic E-state index is 0. The van der Waals surface area contributed by atoms with Crippen molar-refractivity contribution in [1.29, 1.82) is 0 Å². The van der Waals surface area contributed by atoms with Crippen molar-refractivity contribution in [3.63, 3.8) is 0 Å². The Morgan fingerprint density at radius 3 is 1.67 bits per heavy atom. The molecule has 0 saturated heterocycles. The molecule has 0 fully saturated rings. The molecule has 0 rings (SSSR count). The molecule has 0 bridgehead atoms. The molecule has 3 N–H and O–H groups in total. The molecule has 0 saturated carbocycles. The predicted octanol–water partition coefficient (Wildman–Crippen LogP) is -1.04. The molecule has 1 atom stereocenters. The van der Waals surface area contributed by atoms with Gasteiger partial charge in [-0.2, -0.15) is 0 Å². The summed E-state index contributed by atoms with van der Waals surface area (Å²) in [5.74, 6) is 0. The molecule has 0 amide bonds. The van der Waals surface area contributed by atoms with Gasteiger partial charge in [-0.05, 0) is 0 Å². The summed E-state index contributed by atoms with van der Waals surface area (Å²) in [7, 11) is -3.38. The molecule has 9 heavy (non-hydrogen) atoms. The Labute approximate surface area is 75.7 Å². The van der Waals surface area contributed by atoms with Gasteiger partial charge in [-0.1, -0.05) is 0 Å². The van der Waals surface area contributed by atoms with Crippen molar-refractivity contribution in [1.82, 2.24) is 0 Å². The van der Waals surface area contributed by atoms with E-state index < -0.39 is 12.9 Å². The fourth-order valence-corrected chi connectivity index (χ4v) is 0. The average molecular weight is 164 g/mol. The summed E-state index contributed by atoms with van der Waals surface area (Å²) in [6.45, 7) is 2.12. The van der Waals surface area contributed by atoms with Crippen LogP contribution in [0.4, 0.5) is 0 Å². The second-order valence-electron chi connectivity index (χ2n) is 1.40. The summed E-state index contributed by atoms with van der Waals surface area (Å²) >= 11 is 0. The maximum atomic E-state index is 10.1. The molecule has 0 aliphatic rings. The SMILES string of the molecule is CC(=O)P(C)(=O)O.O.[NaH]. The van der Waals surface area contributed by atoms with Gasteiger partial charge in [0.15, 0.2) is 0 Å². The van der Waals surface area contributed by atoms with Crippen LogP contribution in [0.1, 0.15) is 6.92 Å². The molecular weight excluding hydrogens is 154 g/mol. The van der Waals surface area contributed by atoms with E-state index in [-0.39, 0.29) is 35.0 Å². The van der Waals surface area contributed by atoms with Crippen molar-refractivity contribution in [2.45, 2.75) is 6.92 Å². The van der Waals surface area contributed by atoms with Crippen molar-refractivity contribution in [2.75, 3.05) is 6.66 Å². The second kappa shape index (κ2) is 5.59. The molecular formula is C3H10NaO4P. The van der Waals surface area contributed by atoms with Crippen LogP contribution >= 0.6 is 7.37 Å². The quantitative estimate of drug-likeness (QED) is 0.396. The molecule has 0 aliphatic carbocycles. The first-order valence-electron chi connectivity index (χ1n) is 1.76. The van der Waals surface area contributed by atoms with Gasteiger partial charge < -0.3 is 10.4 Å². The van der Waals surface area contributed by atoms with Crippen LogP contribution in [-0.4, -0.2) is 52.1 Å². The van der Waals surface area contributed by atoms with Crippen molar-refractivity contribution < 1.29 is 19.7 Å². The van der Waals surface area contributed by atoms with Gasteiger partial charge in [0.2, 0.25) is 5.52 Å². The van der Waals surface area contributed by atoms with E-state index in [2.05, 4.69) is 0 Å². The van der Waals surface area contributed by atoms with Gasteiger partial charge in [-0.15, -0.1) is 0 Å². The zero-order valence-corrected chi connectivity index (χ0v) is 5.61. The summed E-state index contributed by atoms with van der Waals surface area (Å²) in [6, 6.07) is 0. The number of carbonyl (C=O) groups is 1. The first-order valence-corrected chi connectivity index (χ1v) is 3.86. The molecule has 0 aromatic rings. The van der Waals surface area contributed by atoms with Gasteiger partial charge in [-0.3, -0.25) is 9.36 Å². The number of hydrogen-bond acceptors (Lipinski definition) is 2. The van der Waals surface area contributed by atoms with E-state index in [0.717, 1.165) is 13.6 Å². The van der Waals surface area contributed by atoms with Gasteiger partial charge in [0.05, 0.1) is 0 Å². The fraction of sp³-hybridized carbons (Fsp3) is 0.667. The van der Waals surface area contributed by atoms with Gasteiger partial charge in [0.1, 0.15) is 0 Å². The fourth-order valence-electron chi connectivity index (χ4n) is 0. The Hall–Kier alpha value is 0.820. The Balaban J connectivity index is -0.000000180. The Morgan fingerprint density at radius 2 is 1.67 bits per heavy atom. The van der Waals surface area contributed by atoms with E-state index in [9.17, 15) is 9.36 Å². The molecule has 0 radical (unpaired) electrons.